The predicted octanol–water partition coefficient (Wildman–Crippen LogP) is 3.48. The lowest BCUT2D eigenvalue weighted by atomic mass is 9.98. The molecular formula is C16H18F2N2. The maximum absolute atomic E-state index is 13.3. The maximum Gasteiger partial charge on any atom is 0.159 e. The van der Waals surface area contributed by atoms with Crippen molar-refractivity contribution in [2.45, 2.75) is 26.3 Å². The van der Waals surface area contributed by atoms with E-state index in [1.165, 1.54) is 12.1 Å². The van der Waals surface area contributed by atoms with Crippen LogP contribution in [0.2, 0.25) is 0 Å². The molecule has 0 aliphatic carbocycles. The van der Waals surface area contributed by atoms with E-state index in [-0.39, 0.29) is 6.04 Å². The minimum atomic E-state index is -0.814. The highest BCUT2D eigenvalue weighted by Gasteiger charge is 2.13. The molecule has 1 unspecified atom stereocenters. The van der Waals surface area contributed by atoms with E-state index in [9.17, 15) is 8.78 Å². The van der Waals surface area contributed by atoms with Crippen LogP contribution in [0.5, 0.6) is 0 Å². The van der Waals surface area contributed by atoms with E-state index >= 15 is 0 Å². The molecular weight excluding hydrogens is 258 g/mol. The van der Waals surface area contributed by atoms with E-state index in [1.54, 1.807) is 6.07 Å². The second-order valence-corrected chi connectivity index (χ2v) is 4.98. The minimum absolute atomic E-state index is 0.0419. The van der Waals surface area contributed by atoms with E-state index in [1.807, 2.05) is 33.0 Å². The van der Waals surface area contributed by atoms with Gasteiger partial charge in [0.25, 0.3) is 0 Å². The van der Waals surface area contributed by atoms with Gasteiger partial charge in [0, 0.05) is 17.4 Å². The second kappa shape index (κ2) is 6.09. The van der Waals surface area contributed by atoms with Crippen LogP contribution in [0.25, 0.3) is 0 Å². The molecule has 4 heteroatoms. The molecule has 0 aliphatic rings. The molecule has 106 valence electrons. The van der Waals surface area contributed by atoms with Crippen LogP contribution in [0.1, 0.15) is 28.6 Å². The highest BCUT2D eigenvalue weighted by Crippen LogP contribution is 2.20. The average Bonchev–Trinajstić information content (AvgIpc) is 2.38. The number of benzene rings is 1. The lowest BCUT2D eigenvalue weighted by molar-refractivity contribution is 0.504. The van der Waals surface area contributed by atoms with Crippen molar-refractivity contribution in [2.75, 3.05) is 7.05 Å². The maximum atomic E-state index is 13.3. The monoisotopic (exact) mass is 276 g/mol. The molecule has 0 fully saturated rings. The molecule has 0 radical (unpaired) electrons. The van der Waals surface area contributed by atoms with Crippen LogP contribution in [0, 0.1) is 25.5 Å². The van der Waals surface area contributed by atoms with Gasteiger partial charge in [0.05, 0.1) is 0 Å². The Labute approximate surface area is 117 Å². The average molecular weight is 276 g/mol. The summed E-state index contributed by atoms with van der Waals surface area (Å²) in [6.07, 6.45) is 0.594. The number of nitrogens with one attached hydrogen (secondary N) is 1. The summed E-state index contributed by atoms with van der Waals surface area (Å²) in [5.74, 6) is -1.62. The molecule has 1 atom stereocenters. The highest BCUT2D eigenvalue weighted by molar-refractivity contribution is 5.27. The topological polar surface area (TPSA) is 24.9 Å². The van der Waals surface area contributed by atoms with Crippen LogP contribution in [0.15, 0.2) is 30.3 Å². The summed E-state index contributed by atoms with van der Waals surface area (Å²) in [5, 5.41) is 3.21. The fraction of sp³-hybridized carbons (Fsp3) is 0.312. The summed E-state index contributed by atoms with van der Waals surface area (Å²) in [6.45, 7) is 3.89. The van der Waals surface area contributed by atoms with Crippen molar-refractivity contribution in [3.05, 3.63) is 64.5 Å². The molecule has 0 saturated carbocycles. The van der Waals surface area contributed by atoms with E-state index in [0.29, 0.717) is 6.42 Å². The molecule has 1 aromatic carbocycles. The van der Waals surface area contributed by atoms with Gasteiger partial charge in [-0.25, -0.2) is 8.78 Å². The van der Waals surface area contributed by atoms with Crippen LogP contribution in [-0.2, 0) is 6.42 Å². The molecule has 1 aromatic heterocycles. The lowest BCUT2D eigenvalue weighted by Crippen LogP contribution is -2.19. The number of halogens is 2. The molecule has 1 N–H and O–H groups in total. The van der Waals surface area contributed by atoms with Gasteiger partial charge < -0.3 is 5.32 Å². The quantitative estimate of drug-likeness (QED) is 0.924. The second-order valence-electron chi connectivity index (χ2n) is 4.98. The molecule has 0 amide bonds. The van der Waals surface area contributed by atoms with Crippen molar-refractivity contribution in [3.8, 4) is 0 Å². The predicted molar refractivity (Wildman–Crippen MR) is 75.6 cm³/mol. The van der Waals surface area contributed by atoms with Crippen LogP contribution < -0.4 is 5.32 Å². The van der Waals surface area contributed by atoms with Gasteiger partial charge in [-0.1, -0.05) is 6.07 Å². The number of nitrogens with zero attached hydrogens (tertiary/aromatic N) is 1. The SMILES string of the molecule is CNC(Cc1ccc(F)c(F)c1)c1cc(C)nc(C)c1. The fourth-order valence-electron chi connectivity index (χ4n) is 2.36. The standard InChI is InChI=1S/C16H18F2N2/c1-10-6-13(7-11(2)20-10)16(19-3)9-12-4-5-14(17)15(18)8-12/h4-8,16,19H,9H2,1-3H3. The summed E-state index contributed by atoms with van der Waals surface area (Å²) in [4.78, 5) is 4.35. The Bertz CT molecular complexity index is 591. The van der Waals surface area contributed by atoms with Gasteiger partial charge in [0.1, 0.15) is 0 Å². The Hall–Kier alpha value is -1.81. The molecule has 20 heavy (non-hydrogen) atoms. The summed E-state index contributed by atoms with van der Waals surface area (Å²) < 4.78 is 26.2. The van der Waals surface area contributed by atoms with E-state index in [4.69, 9.17) is 0 Å². The summed E-state index contributed by atoms with van der Waals surface area (Å²) in [6, 6.07) is 8.09. The molecule has 2 aromatic rings. The molecule has 0 bridgehead atoms. The van der Waals surface area contributed by atoms with Crippen molar-refractivity contribution in [1.29, 1.82) is 0 Å². The number of hydrogen-bond acceptors (Lipinski definition) is 2. The van der Waals surface area contributed by atoms with Crippen LogP contribution >= 0.6 is 0 Å². The van der Waals surface area contributed by atoms with E-state index in [0.717, 1.165) is 22.5 Å². The highest BCUT2D eigenvalue weighted by atomic mass is 19.2. The molecule has 0 spiro atoms. The zero-order chi connectivity index (χ0) is 14.7. The Morgan fingerprint density at radius 1 is 1.05 bits per heavy atom. The van der Waals surface area contributed by atoms with Crippen molar-refractivity contribution < 1.29 is 8.78 Å². The Kier molecular flexibility index (Phi) is 4.45. The minimum Gasteiger partial charge on any atom is -0.313 e. The van der Waals surface area contributed by atoms with E-state index < -0.39 is 11.6 Å². The van der Waals surface area contributed by atoms with Crippen molar-refractivity contribution in [3.63, 3.8) is 0 Å². The van der Waals surface area contributed by atoms with Crippen LogP contribution in [0.4, 0.5) is 8.78 Å². The van der Waals surface area contributed by atoms with Gasteiger partial charge in [-0.3, -0.25) is 4.98 Å². The van der Waals surface area contributed by atoms with Gasteiger partial charge in [0.2, 0.25) is 0 Å². The Morgan fingerprint density at radius 2 is 1.70 bits per heavy atom. The number of likely N-dealkylation sites (N-methyl/N-ethyl adjacent to an activating group) is 1. The van der Waals surface area contributed by atoms with Gasteiger partial charge in [-0.05, 0) is 62.7 Å². The van der Waals surface area contributed by atoms with Crippen LogP contribution in [-0.4, -0.2) is 12.0 Å². The first kappa shape index (κ1) is 14.6. The first-order valence-electron chi connectivity index (χ1n) is 6.56. The largest absolute Gasteiger partial charge is 0.313 e. The number of aromatic nitrogens is 1. The Morgan fingerprint density at radius 3 is 2.25 bits per heavy atom. The molecule has 0 saturated heterocycles. The zero-order valence-corrected chi connectivity index (χ0v) is 11.9. The summed E-state index contributed by atoms with van der Waals surface area (Å²) in [5.41, 5.74) is 3.76. The third-order valence-corrected chi connectivity index (χ3v) is 3.28. The number of rotatable bonds is 4. The molecule has 2 rings (SSSR count). The van der Waals surface area contributed by atoms with Crippen LogP contribution in [0.3, 0.4) is 0 Å². The first-order valence-corrected chi connectivity index (χ1v) is 6.56. The van der Waals surface area contributed by atoms with Gasteiger partial charge in [-0.2, -0.15) is 0 Å². The number of hydrogen-bond donors (Lipinski definition) is 1. The van der Waals surface area contributed by atoms with Crippen molar-refractivity contribution in [2.24, 2.45) is 0 Å². The number of pyridine rings is 1. The first-order chi connectivity index (χ1) is 9.49. The van der Waals surface area contributed by atoms with Crippen molar-refractivity contribution >= 4 is 0 Å². The molecule has 2 nitrogen and oxygen atoms in total. The summed E-state index contributed by atoms with van der Waals surface area (Å²) >= 11 is 0. The van der Waals surface area contributed by atoms with Gasteiger partial charge in [-0.15, -0.1) is 0 Å². The van der Waals surface area contributed by atoms with E-state index in [2.05, 4.69) is 10.3 Å². The molecule has 1 heterocycles. The molecule has 0 aliphatic heterocycles. The van der Waals surface area contributed by atoms with Crippen molar-refractivity contribution in [1.82, 2.24) is 10.3 Å². The fourth-order valence-corrected chi connectivity index (χ4v) is 2.36. The Balaban J connectivity index is 2.26. The number of aryl methyl sites for hydroxylation is 2. The van der Waals surface area contributed by atoms with Gasteiger partial charge in [0.15, 0.2) is 11.6 Å². The summed E-state index contributed by atoms with van der Waals surface area (Å²) in [7, 11) is 1.86. The third-order valence-electron chi connectivity index (χ3n) is 3.28. The normalized spacial score (nSPS) is 12.4. The lowest BCUT2D eigenvalue weighted by Gasteiger charge is -2.18. The third kappa shape index (κ3) is 3.39. The smallest absolute Gasteiger partial charge is 0.159 e. The zero-order valence-electron chi connectivity index (χ0n) is 11.9. The van der Waals surface area contributed by atoms with Gasteiger partial charge >= 0.3 is 0 Å².